The summed E-state index contributed by atoms with van der Waals surface area (Å²) in [5.41, 5.74) is 2.17. The molecule has 0 saturated carbocycles. The molecule has 0 spiro atoms. The van der Waals surface area contributed by atoms with Crippen LogP contribution < -0.4 is 0 Å². The Balaban J connectivity index is 0.000000188. The summed E-state index contributed by atoms with van der Waals surface area (Å²) in [6.45, 7) is 1.59. The molecule has 111 valence electrons. The van der Waals surface area contributed by atoms with Crippen molar-refractivity contribution in [2.75, 3.05) is 0 Å². The molecule has 0 unspecified atom stereocenters. The maximum absolute atomic E-state index is 11.6. The minimum atomic E-state index is -0.310. The van der Waals surface area contributed by atoms with E-state index in [1.807, 2.05) is 18.2 Å². The van der Waals surface area contributed by atoms with Crippen LogP contribution in [0.25, 0.3) is 0 Å². The average molecular weight is 358 g/mol. The van der Waals surface area contributed by atoms with E-state index in [0.29, 0.717) is 5.57 Å². The fourth-order valence-corrected chi connectivity index (χ4v) is 2.51. The summed E-state index contributed by atoms with van der Waals surface area (Å²) in [5, 5.41) is 10.4. The van der Waals surface area contributed by atoms with Gasteiger partial charge in [0.25, 0.3) is 0 Å². The molecular weight excluding hydrogens is 343 g/mol. The Hall–Kier alpha value is -2.16. The summed E-state index contributed by atoms with van der Waals surface area (Å²) in [5.74, 6) is -0.643. The number of carbonyl (C=O) groups excluding carboxylic acids is 2. The maximum atomic E-state index is 11.6. The molecule has 0 bridgehead atoms. The second kappa shape index (κ2) is 7.21. The first-order valence-electron chi connectivity index (χ1n) is 6.76. The van der Waals surface area contributed by atoms with Gasteiger partial charge in [-0.2, -0.15) is 0 Å². The molecule has 3 nitrogen and oxygen atoms in total. The number of rotatable bonds is 1. The van der Waals surface area contributed by atoms with Crippen molar-refractivity contribution >= 4 is 27.6 Å². The summed E-state index contributed by atoms with van der Waals surface area (Å²) < 4.78 is 0. The van der Waals surface area contributed by atoms with Gasteiger partial charge in [0.15, 0.2) is 11.6 Å². The fourth-order valence-electron chi connectivity index (χ4n) is 2.11. The summed E-state index contributed by atoms with van der Waals surface area (Å²) >= 11 is 2.96. The molecule has 0 aliphatic heterocycles. The molecule has 1 N–H and O–H groups in total. The third-order valence-electron chi connectivity index (χ3n) is 3.25. The molecule has 3 rings (SSSR count). The van der Waals surface area contributed by atoms with Crippen LogP contribution in [0.1, 0.15) is 33.2 Å². The molecule has 0 amide bonds. The van der Waals surface area contributed by atoms with E-state index in [1.54, 1.807) is 19.1 Å². The van der Waals surface area contributed by atoms with Gasteiger partial charge < -0.3 is 5.11 Å². The van der Waals surface area contributed by atoms with Gasteiger partial charge in [-0.1, -0.05) is 12.1 Å². The molecule has 0 saturated heterocycles. The van der Waals surface area contributed by atoms with Crippen molar-refractivity contribution in [3.05, 3.63) is 76.9 Å². The molecule has 1 radical (unpaired) electrons. The molecule has 0 atom stereocenters. The van der Waals surface area contributed by atoms with E-state index < -0.39 is 0 Å². The third kappa shape index (κ3) is 3.53. The second-order valence-corrected chi connectivity index (χ2v) is 5.46. The molecule has 22 heavy (non-hydrogen) atoms. The van der Waals surface area contributed by atoms with Crippen LogP contribution in [0.15, 0.2) is 60.2 Å². The summed E-state index contributed by atoms with van der Waals surface area (Å²) in [4.78, 5) is 23.1. The van der Waals surface area contributed by atoms with E-state index in [1.165, 1.54) is 17.7 Å². The quantitative estimate of drug-likeness (QED) is 0.798. The van der Waals surface area contributed by atoms with E-state index in [0.717, 1.165) is 5.32 Å². The van der Waals surface area contributed by atoms with Crippen molar-refractivity contribution in [1.29, 1.82) is 0 Å². The predicted octanol–water partition coefficient (Wildman–Crippen LogP) is 3.07. The summed E-state index contributed by atoms with van der Waals surface area (Å²) in [6, 6.07) is 14.8. The van der Waals surface area contributed by atoms with Crippen LogP contribution in [0.5, 0.6) is 5.75 Å². The monoisotopic (exact) mass is 359 g/mol. The van der Waals surface area contributed by atoms with Crippen LogP contribution in [0, 0.1) is 0 Å². The third-order valence-corrected chi connectivity index (χ3v) is 3.95. The van der Waals surface area contributed by atoms with Crippen LogP contribution >= 0.6 is 0 Å². The van der Waals surface area contributed by atoms with Crippen molar-refractivity contribution in [3.8, 4) is 5.75 Å². The van der Waals surface area contributed by atoms with E-state index >= 15 is 0 Å². The van der Waals surface area contributed by atoms with Gasteiger partial charge >= 0.3 is 57.2 Å². The summed E-state index contributed by atoms with van der Waals surface area (Å²) in [6.07, 6.45) is 1.25. The van der Waals surface area contributed by atoms with E-state index in [2.05, 4.69) is 28.1 Å². The molecule has 0 aromatic heterocycles. The van der Waals surface area contributed by atoms with Gasteiger partial charge in [-0.25, -0.2) is 0 Å². The van der Waals surface area contributed by atoms with Gasteiger partial charge in [0.1, 0.15) is 5.75 Å². The Labute approximate surface area is 137 Å². The number of phenolic OH excluding ortho intramolecular Hbond substituents is 1. The van der Waals surface area contributed by atoms with Gasteiger partial charge in [-0.15, -0.1) is 0 Å². The number of phenols is 1. The zero-order valence-electron chi connectivity index (χ0n) is 12.1. The number of ketones is 2. The van der Waals surface area contributed by atoms with E-state index in [9.17, 15) is 14.7 Å². The second-order valence-electron chi connectivity index (χ2n) is 4.85. The number of hydrogen-bond donors (Lipinski definition) is 1. The molecule has 4 heteroatoms. The van der Waals surface area contributed by atoms with Crippen LogP contribution in [-0.4, -0.2) is 32.7 Å². The topological polar surface area (TPSA) is 54.4 Å². The van der Waals surface area contributed by atoms with Crippen molar-refractivity contribution in [2.24, 2.45) is 0 Å². The zero-order chi connectivity index (χ0) is 16.1. The Kier molecular flexibility index (Phi) is 5.31. The SMILES string of the molecule is CC1=CC(=O)c2c(O)cccc2C1=O.[Se]Cc1ccccc1. The average Bonchev–Trinajstić information content (AvgIpc) is 2.54. The first-order chi connectivity index (χ1) is 10.5. The number of aromatic hydroxyl groups is 1. The first-order valence-corrected chi connectivity index (χ1v) is 7.97. The molecule has 0 heterocycles. The number of carbonyl (C=O) groups is 2. The first kappa shape index (κ1) is 16.2. The molecule has 2 aromatic carbocycles. The van der Waals surface area contributed by atoms with Crippen LogP contribution in [0.2, 0.25) is 0 Å². The van der Waals surface area contributed by atoms with Gasteiger partial charge in [0.05, 0.1) is 5.56 Å². The number of Topliss-reactive ketones (excluding diaryl/α,β-unsaturated/α-hetero) is 1. The van der Waals surface area contributed by atoms with Gasteiger partial charge in [0, 0.05) is 11.1 Å². The van der Waals surface area contributed by atoms with Crippen molar-refractivity contribution < 1.29 is 14.7 Å². The Morgan fingerprint density at radius 2 is 1.68 bits per heavy atom. The van der Waals surface area contributed by atoms with Crippen molar-refractivity contribution in [1.82, 2.24) is 0 Å². The molecule has 1 aliphatic carbocycles. The number of allylic oxidation sites excluding steroid dienone is 2. The normalized spacial score (nSPS) is 12.9. The Bertz CT molecular complexity index is 733. The van der Waals surface area contributed by atoms with E-state index in [-0.39, 0.29) is 28.4 Å². The molecule has 2 aromatic rings. The Morgan fingerprint density at radius 1 is 1.00 bits per heavy atom. The zero-order valence-corrected chi connectivity index (χ0v) is 13.8. The predicted molar refractivity (Wildman–Crippen MR) is 86.4 cm³/mol. The van der Waals surface area contributed by atoms with Crippen molar-refractivity contribution in [3.63, 3.8) is 0 Å². The van der Waals surface area contributed by atoms with Gasteiger partial charge in [0.2, 0.25) is 0 Å². The van der Waals surface area contributed by atoms with E-state index in [4.69, 9.17) is 0 Å². The van der Waals surface area contributed by atoms with Crippen LogP contribution in [-0.2, 0) is 5.32 Å². The van der Waals surface area contributed by atoms with Gasteiger partial charge in [-0.05, 0) is 19.1 Å². The van der Waals surface area contributed by atoms with Crippen LogP contribution in [0.3, 0.4) is 0 Å². The number of hydrogen-bond acceptors (Lipinski definition) is 3. The molecule has 0 fully saturated rings. The summed E-state index contributed by atoms with van der Waals surface area (Å²) in [7, 11) is 0. The Morgan fingerprint density at radius 3 is 2.27 bits per heavy atom. The fraction of sp³-hybridized carbons (Fsp3) is 0.111. The number of benzene rings is 2. The number of fused-ring (bicyclic) bond motifs is 1. The minimum absolute atomic E-state index is 0.114. The molecule has 1 aliphatic rings. The van der Waals surface area contributed by atoms with Gasteiger partial charge in [-0.3, -0.25) is 9.59 Å². The molecular formula is C18H15O3Se. The standard InChI is InChI=1S/C11H8O3.C7H7Se/c1-6-5-9(13)10-7(11(6)14)3-2-4-8(10)12;8-6-7-4-2-1-3-5-7/h2-5,12H,1H3;1-5H,6H2. The van der Waals surface area contributed by atoms with Crippen LogP contribution in [0.4, 0.5) is 0 Å². The van der Waals surface area contributed by atoms with Crippen molar-refractivity contribution in [2.45, 2.75) is 12.2 Å².